The fourth-order valence-electron chi connectivity index (χ4n) is 3.72. The van der Waals surface area contributed by atoms with E-state index >= 15 is 0 Å². The van der Waals surface area contributed by atoms with Crippen molar-refractivity contribution < 1.29 is 19.1 Å². The van der Waals surface area contributed by atoms with Crippen molar-refractivity contribution in [1.29, 1.82) is 0 Å². The Morgan fingerprint density at radius 3 is 1.41 bits per heavy atom. The number of carbonyl (C=O) groups excluding carboxylic acids is 2. The van der Waals surface area contributed by atoms with Crippen LogP contribution in [0, 0.1) is 11.8 Å². The van der Waals surface area contributed by atoms with E-state index in [0.717, 1.165) is 38.5 Å². The van der Waals surface area contributed by atoms with Gasteiger partial charge in [0.2, 0.25) is 0 Å². The molecule has 1 aromatic carbocycles. The normalized spacial score (nSPS) is 10.8. The third-order valence-electron chi connectivity index (χ3n) is 6.10. The van der Waals surface area contributed by atoms with Crippen LogP contribution in [0.5, 0.6) is 0 Å². The van der Waals surface area contributed by atoms with Gasteiger partial charge >= 0.3 is 81.5 Å². The van der Waals surface area contributed by atoms with Gasteiger partial charge in [-0.1, -0.05) is 78.4 Å². The van der Waals surface area contributed by atoms with Gasteiger partial charge in [-0.25, -0.2) is 9.59 Å². The summed E-state index contributed by atoms with van der Waals surface area (Å²) in [5, 5.41) is 0. The predicted octanol–water partition coefficient (Wildman–Crippen LogP) is 9.56. The van der Waals surface area contributed by atoms with Crippen LogP contribution in [0.15, 0.2) is 24.3 Å². The molecule has 0 aliphatic carbocycles. The zero-order valence-corrected chi connectivity index (χ0v) is 27.8. The van der Waals surface area contributed by atoms with E-state index in [1.807, 2.05) is 0 Å². The SMILES string of the molecule is CC(C)CCCCCOC(=O)c1ccccc1C(=O)OCCCCCC(C)C.CCC[CH2][Sn][CH2]CCC. The van der Waals surface area contributed by atoms with Crippen molar-refractivity contribution in [3.05, 3.63) is 35.4 Å². The Labute approximate surface area is 239 Å². The predicted molar refractivity (Wildman–Crippen MR) is 159 cm³/mol. The average molecular weight is 624 g/mol. The summed E-state index contributed by atoms with van der Waals surface area (Å²) < 4.78 is 14.0. The second kappa shape index (κ2) is 25.2. The van der Waals surface area contributed by atoms with Crippen LogP contribution in [0.1, 0.15) is 139 Å². The van der Waals surface area contributed by atoms with E-state index in [2.05, 4.69) is 41.5 Å². The standard InChI is InChI=1S/C24H38O4.2C4H9.Sn/c1-19(2)13-7-5-11-17-27-23(25)21-15-9-10-16-22(21)24(26)28-18-12-6-8-14-20(3)4;2*1-3-4-2;/h9-10,15-16,19-20H,5-8,11-14,17-18H2,1-4H3;2*1,3-4H2,2H3;. The maximum absolute atomic E-state index is 12.4. The molecule has 0 atom stereocenters. The van der Waals surface area contributed by atoms with Gasteiger partial charge in [0.05, 0.1) is 24.3 Å². The topological polar surface area (TPSA) is 52.6 Å². The van der Waals surface area contributed by atoms with E-state index in [1.54, 1.807) is 33.1 Å². The molecule has 1 rings (SSSR count). The maximum atomic E-state index is 12.4. The number of esters is 2. The first-order chi connectivity index (χ1) is 17.8. The number of ether oxygens (including phenoxy) is 2. The summed E-state index contributed by atoms with van der Waals surface area (Å²) in [7, 11) is 0. The van der Waals surface area contributed by atoms with Gasteiger partial charge < -0.3 is 9.47 Å². The number of hydrogen-bond donors (Lipinski definition) is 0. The molecule has 0 spiro atoms. The first-order valence-electron chi connectivity index (χ1n) is 15.0. The third kappa shape index (κ3) is 21.6. The number of unbranched alkanes of at least 4 members (excludes halogenated alkanes) is 6. The Kier molecular flexibility index (Phi) is 24.5. The Morgan fingerprint density at radius 1 is 0.649 bits per heavy atom. The zero-order valence-electron chi connectivity index (χ0n) is 24.9. The van der Waals surface area contributed by atoms with Crippen LogP contribution in [0.2, 0.25) is 8.87 Å². The molecule has 0 saturated carbocycles. The van der Waals surface area contributed by atoms with Crippen LogP contribution < -0.4 is 0 Å². The van der Waals surface area contributed by atoms with Gasteiger partial charge in [-0.15, -0.1) is 0 Å². The van der Waals surface area contributed by atoms with Gasteiger partial charge in [0.25, 0.3) is 0 Å². The van der Waals surface area contributed by atoms with E-state index in [-0.39, 0.29) is 32.3 Å². The van der Waals surface area contributed by atoms with Crippen molar-refractivity contribution in [2.45, 2.75) is 127 Å². The molecule has 0 N–H and O–H groups in total. The van der Waals surface area contributed by atoms with E-state index in [0.29, 0.717) is 25.0 Å². The van der Waals surface area contributed by atoms with E-state index < -0.39 is 11.9 Å². The van der Waals surface area contributed by atoms with Crippen LogP contribution in [0.3, 0.4) is 0 Å². The molecule has 0 aromatic heterocycles. The number of hydrogen-bond acceptors (Lipinski definition) is 4. The Bertz CT molecular complexity index is 630. The van der Waals surface area contributed by atoms with Crippen LogP contribution in [0.25, 0.3) is 0 Å². The second-order valence-electron chi connectivity index (χ2n) is 10.8. The summed E-state index contributed by atoms with van der Waals surface area (Å²) in [6.45, 7) is 14.2. The molecule has 0 aliphatic heterocycles. The fourth-order valence-corrected chi connectivity index (χ4v) is 7.87. The summed E-state index contributed by atoms with van der Waals surface area (Å²) >= 11 is 0.149. The Morgan fingerprint density at radius 2 is 1.05 bits per heavy atom. The molecule has 212 valence electrons. The molecular formula is C32H56O4Sn. The summed E-state index contributed by atoms with van der Waals surface area (Å²) in [5.41, 5.74) is 0.573. The van der Waals surface area contributed by atoms with Crippen molar-refractivity contribution >= 4 is 33.1 Å². The van der Waals surface area contributed by atoms with Crippen molar-refractivity contribution in [1.82, 2.24) is 0 Å². The van der Waals surface area contributed by atoms with Crippen molar-refractivity contribution in [2.24, 2.45) is 11.8 Å². The van der Waals surface area contributed by atoms with Crippen LogP contribution >= 0.6 is 0 Å². The van der Waals surface area contributed by atoms with Gasteiger partial charge in [0.1, 0.15) is 0 Å². The minimum absolute atomic E-state index is 0.149. The van der Waals surface area contributed by atoms with E-state index in [4.69, 9.17) is 9.47 Å². The zero-order chi connectivity index (χ0) is 27.7. The van der Waals surface area contributed by atoms with Crippen molar-refractivity contribution in [3.8, 4) is 0 Å². The monoisotopic (exact) mass is 624 g/mol. The second-order valence-corrected chi connectivity index (χ2v) is 15.0. The molecule has 0 amide bonds. The molecule has 0 fully saturated rings. The average Bonchev–Trinajstić information content (AvgIpc) is 2.88. The molecule has 5 heteroatoms. The Hall–Kier alpha value is -1.04. The summed E-state index contributed by atoms with van der Waals surface area (Å²) in [6, 6.07) is 6.73. The van der Waals surface area contributed by atoms with Gasteiger partial charge in [-0.3, -0.25) is 0 Å². The molecule has 0 bridgehead atoms. The molecule has 0 aliphatic rings. The van der Waals surface area contributed by atoms with Crippen molar-refractivity contribution in [2.75, 3.05) is 13.2 Å². The quantitative estimate of drug-likeness (QED) is 0.0825. The molecule has 2 radical (unpaired) electrons. The summed E-state index contributed by atoms with van der Waals surface area (Å²) in [6.07, 6.45) is 14.3. The Balaban J connectivity index is 0.00000122. The molecule has 0 heterocycles. The fraction of sp³-hybridized carbons (Fsp3) is 0.750. The number of carbonyl (C=O) groups is 2. The number of rotatable bonds is 20. The molecular weight excluding hydrogens is 567 g/mol. The van der Waals surface area contributed by atoms with Gasteiger partial charge in [-0.2, -0.15) is 0 Å². The van der Waals surface area contributed by atoms with Crippen LogP contribution in [0.4, 0.5) is 0 Å². The molecule has 0 saturated heterocycles. The van der Waals surface area contributed by atoms with Crippen molar-refractivity contribution in [3.63, 3.8) is 0 Å². The summed E-state index contributed by atoms with van der Waals surface area (Å²) in [5.74, 6) is 0.507. The van der Waals surface area contributed by atoms with Crippen LogP contribution in [-0.4, -0.2) is 46.3 Å². The minimum atomic E-state index is -0.451. The first kappa shape index (κ1) is 36.0. The third-order valence-corrected chi connectivity index (χ3v) is 10.1. The molecule has 0 unspecified atom stereocenters. The van der Waals surface area contributed by atoms with Gasteiger partial charge in [0.15, 0.2) is 0 Å². The van der Waals surface area contributed by atoms with E-state index in [9.17, 15) is 9.59 Å². The number of benzene rings is 1. The van der Waals surface area contributed by atoms with E-state index in [1.165, 1.54) is 38.5 Å². The molecule has 37 heavy (non-hydrogen) atoms. The molecule has 1 aromatic rings. The molecule has 4 nitrogen and oxygen atoms in total. The van der Waals surface area contributed by atoms with Gasteiger partial charge in [-0.05, 0) is 36.8 Å². The first-order valence-corrected chi connectivity index (χ1v) is 19.0. The van der Waals surface area contributed by atoms with Crippen LogP contribution in [-0.2, 0) is 9.47 Å². The van der Waals surface area contributed by atoms with Gasteiger partial charge in [0, 0.05) is 0 Å². The summed E-state index contributed by atoms with van der Waals surface area (Å²) in [4.78, 5) is 24.7.